The van der Waals surface area contributed by atoms with Gasteiger partial charge in [0.1, 0.15) is 6.29 Å². The third-order valence-corrected chi connectivity index (χ3v) is 2.69. The van der Waals surface area contributed by atoms with E-state index in [1.165, 1.54) is 0 Å². The summed E-state index contributed by atoms with van der Waals surface area (Å²) in [6, 6.07) is 18.8. The van der Waals surface area contributed by atoms with Gasteiger partial charge in [0.15, 0.2) is 0 Å². The lowest BCUT2D eigenvalue weighted by Gasteiger charge is -2.24. The van der Waals surface area contributed by atoms with E-state index >= 15 is 0 Å². The minimum atomic E-state index is -1.05. The number of aldehydes is 1. The van der Waals surface area contributed by atoms with E-state index in [9.17, 15) is 4.79 Å². The quantitative estimate of drug-likeness (QED) is 0.556. The van der Waals surface area contributed by atoms with Gasteiger partial charge in [-0.15, -0.1) is 0 Å². The molecule has 2 heteroatoms. The Balaban J connectivity index is 2.53. The lowest BCUT2D eigenvalue weighted by atomic mass is 9.61. The van der Waals surface area contributed by atoms with Crippen LogP contribution in [0.2, 0.25) is 0 Å². The van der Waals surface area contributed by atoms with Crippen molar-refractivity contribution in [2.75, 3.05) is 0 Å². The largest absolute Gasteiger partial charge is 0.303 e. The fourth-order valence-electron chi connectivity index (χ4n) is 1.73. The molecular weight excluding hydrogens is 195 g/mol. The molecule has 0 amide bonds. The molecule has 0 saturated heterocycles. The van der Waals surface area contributed by atoms with Gasteiger partial charge in [-0.25, -0.2) is 0 Å². The first-order valence-corrected chi connectivity index (χ1v) is 5.13. The minimum Gasteiger partial charge on any atom is -0.303 e. The summed E-state index contributed by atoms with van der Waals surface area (Å²) in [6.45, 7) is 0. The molecule has 2 aromatic rings. The number of rotatable bonds is 3. The van der Waals surface area contributed by atoms with Crippen LogP contribution in [0.3, 0.4) is 0 Å². The summed E-state index contributed by atoms with van der Waals surface area (Å²) in [7, 11) is 6.17. The molecule has 0 aliphatic carbocycles. The third kappa shape index (κ3) is 1.79. The number of carbonyl (C=O) groups is 1. The molecule has 0 atom stereocenters. The van der Waals surface area contributed by atoms with E-state index in [2.05, 4.69) is 0 Å². The molecule has 2 rings (SSSR count). The van der Waals surface area contributed by atoms with Crippen molar-refractivity contribution in [2.24, 2.45) is 0 Å². The molecule has 2 radical (unpaired) electrons. The highest BCUT2D eigenvalue weighted by Gasteiger charge is 2.26. The van der Waals surface area contributed by atoms with Crippen molar-refractivity contribution in [2.45, 2.75) is 5.31 Å². The SMILES string of the molecule is [B]C(C=O)(c1ccccc1)c1ccccc1. The van der Waals surface area contributed by atoms with Crippen LogP contribution in [-0.2, 0) is 10.1 Å². The van der Waals surface area contributed by atoms with Crippen molar-refractivity contribution in [3.63, 3.8) is 0 Å². The molecule has 0 bridgehead atoms. The maximum atomic E-state index is 11.3. The number of hydrogen-bond donors (Lipinski definition) is 0. The van der Waals surface area contributed by atoms with Gasteiger partial charge in [0.05, 0.1) is 7.85 Å². The fourth-order valence-corrected chi connectivity index (χ4v) is 1.73. The van der Waals surface area contributed by atoms with Crippen LogP contribution in [0.25, 0.3) is 0 Å². The van der Waals surface area contributed by atoms with Gasteiger partial charge in [0, 0.05) is 5.31 Å². The van der Waals surface area contributed by atoms with Crippen LogP contribution in [0.15, 0.2) is 60.7 Å². The first kappa shape index (κ1) is 10.7. The predicted octanol–water partition coefficient (Wildman–Crippen LogP) is 2.30. The summed E-state index contributed by atoms with van der Waals surface area (Å²) >= 11 is 0. The molecule has 0 aromatic heterocycles. The lowest BCUT2D eigenvalue weighted by Crippen LogP contribution is -2.29. The van der Waals surface area contributed by atoms with E-state index in [1.54, 1.807) is 0 Å². The third-order valence-electron chi connectivity index (χ3n) is 2.69. The van der Waals surface area contributed by atoms with Gasteiger partial charge in [-0.05, 0) is 11.1 Å². The van der Waals surface area contributed by atoms with Crippen molar-refractivity contribution in [3.05, 3.63) is 71.8 Å². The Labute approximate surface area is 96.5 Å². The van der Waals surface area contributed by atoms with E-state index in [0.29, 0.717) is 0 Å². The maximum absolute atomic E-state index is 11.3. The van der Waals surface area contributed by atoms with E-state index in [4.69, 9.17) is 7.85 Å². The molecule has 76 valence electrons. The molecule has 16 heavy (non-hydrogen) atoms. The molecule has 0 N–H and O–H groups in total. The van der Waals surface area contributed by atoms with E-state index in [-0.39, 0.29) is 0 Å². The summed E-state index contributed by atoms with van der Waals surface area (Å²) in [5.74, 6) is 0. The second-order valence-electron chi connectivity index (χ2n) is 3.72. The Kier molecular flexibility index (Phi) is 2.91. The van der Waals surface area contributed by atoms with Crippen molar-refractivity contribution in [1.82, 2.24) is 0 Å². The Morgan fingerprint density at radius 3 is 1.50 bits per heavy atom. The Morgan fingerprint density at radius 2 is 1.19 bits per heavy atom. The summed E-state index contributed by atoms with van der Waals surface area (Å²) in [5.41, 5.74) is 1.60. The lowest BCUT2D eigenvalue weighted by molar-refractivity contribution is -0.109. The van der Waals surface area contributed by atoms with Crippen molar-refractivity contribution >= 4 is 14.1 Å². The van der Waals surface area contributed by atoms with E-state index in [1.807, 2.05) is 60.7 Å². The van der Waals surface area contributed by atoms with Crippen LogP contribution in [-0.4, -0.2) is 14.1 Å². The Morgan fingerprint density at radius 1 is 0.812 bits per heavy atom. The monoisotopic (exact) mass is 206 g/mol. The summed E-state index contributed by atoms with van der Waals surface area (Å²) in [4.78, 5) is 11.3. The second-order valence-corrected chi connectivity index (χ2v) is 3.72. The molecular formula is C14H11BO. The highest BCUT2D eigenvalue weighted by molar-refractivity contribution is 6.27. The normalized spacial score (nSPS) is 11.0. The first-order chi connectivity index (χ1) is 7.77. The van der Waals surface area contributed by atoms with Crippen molar-refractivity contribution in [1.29, 1.82) is 0 Å². The highest BCUT2D eigenvalue weighted by Crippen LogP contribution is 2.26. The second kappa shape index (κ2) is 4.36. The average Bonchev–Trinajstić information content (AvgIpc) is 2.40. The molecule has 0 saturated carbocycles. The van der Waals surface area contributed by atoms with Gasteiger partial charge >= 0.3 is 0 Å². The topological polar surface area (TPSA) is 17.1 Å². The molecule has 0 fully saturated rings. The average molecular weight is 206 g/mol. The number of carbonyl (C=O) groups excluding carboxylic acids is 1. The molecule has 0 heterocycles. The summed E-state index contributed by atoms with van der Waals surface area (Å²) in [5, 5.41) is -1.05. The van der Waals surface area contributed by atoms with Gasteiger partial charge in [0.25, 0.3) is 0 Å². The fraction of sp³-hybridized carbons (Fsp3) is 0.0714. The predicted molar refractivity (Wildman–Crippen MR) is 65.5 cm³/mol. The molecule has 2 aromatic carbocycles. The standard InChI is InChI=1S/C14H11BO/c15-14(11-16,12-7-3-1-4-8-12)13-9-5-2-6-10-13/h1-11H. The molecule has 1 nitrogen and oxygen atoms in total. The first-order valence-electron chi connectivity index (χ1n) is 5.13. The molecule has 0 unspecified atom stereocenters. The highest BCUT2D eigenvalue weighted by atomic mass is 16.1. The van der Waals surface area contributed by atoms with Crippen LogP contribution >= 0.6 is 0 Å². The van der Waals surface area contributed by atoms with Gasteiger partial charge < -0.3 is 4.79 Å². The van der Waals surface area contributed by atoms with Crippen LogP contribution in [0.5, 0.6) is 0 Å². The molecule has 0 spiro atoms. The number of hydrogen-bond acceptors (Lipinski definition) is 1. The van der Waals surface area contributed by atoms with Crippen LogP contribution in [0, 0.1) is 0 Å². The van der Waals surface area contributed by atoms with Gasteiger partial charge in [0.2, 0.25) is 0 Å². The number of benzene rings is 2. The summed E-state index contributed by atoms with van der Waals surface area (Å²) in [6.07, 6.45) is 0.789. The van der Waals surface area contributed by atoms with E-state index < -0.39 is 5.31 Å². The maximum Gasteiger partial charge on any atom is 0.125 e. The van der Waals surface area contributed by atoms with Crippen molar-refractivity contribution in [3.8, 4) is 0 Å². The zero-order valence-electron chi connectivity index (χ0n) is 8.84. The smallest absolute Gasteiger partial charge is 0.125 e. The van der Waals surface area contributed by atoms with Crippen LogP contribution in [0.4, 0.5) is 0 Å². The van der Waals surface area contributed by atoms with Crippen molar-refractivity contribution < 1.29 is 4.79 Å². The Bertz CT molecular complexity index is 425. The van der Waals surface area contributed by atoms with Crippen LogP contribution in [0.1, 0.15) is 11.1 Å². The summed E-state index contributed by atoms with van der Waals surface area (Å²) < 4.78 is 0. The van der Waals surface area contributed by atoms with Gasteiger partial charge in [-0.3, -0.25) is 0 Å². The van der Waals surface area contributed by atoms with E-state index in [0.717, 1.165) is 17.4 Å². The van der Waals surface area contributed by atoms with Crippen LogP contribution < -0.4 is 0 Å². The zero-order valence-corrected chi connectivity index (χ0v) is 8.84. The molecule has 0 aliphatic heterocycles. The minimum absolute atomic E-state index is 0.789. The molecule has 0 aliphatic rings. The zero-order chi connectivity index (χ0) is 11.4. The Hall–Kier alpha value is -1.83. The van der Waals surface area contributed by atoms with Gasteiger partial charge in [-0.1, -0.05) is 60.7 Å². The van der Waals surface area contributed by atoms with Gasteiger partial charge in [-0.2, -0.15) is 0 Å².